The number of amides is 1. The molecule has 0 saturated carbocycles. The molecule has 1 unspecified atom stereocenters. The molecule has 0 aliphatic heterocycles. The maximum atomic E-state index is 11.0. The number of hydrogen-bond donors (Lipinski definition) is 1. The summed E-state index contributed by atoms with van der Waals surface area (Å²) in [4.78, 5) is 25.5. The molecule has 1 rings (SSSR count). The minimum absolute atomic E-state index is 0.127. The number of nitrogens with one attached hydrogen (secondary N) is 1. The molecule has 1 amide bonds. The summed E-state index contributed by atoms with van der Waals surface area (Å²) in [5.41, 5.74) is 0. The summed E-state index contributed by atoms with van der Waals surface area (Å²) in [6.07, 6.45) is 1.20. The first-order chi connectivity index (χ1) is 7.15. The van der Waals surface area contributed by atoms with E-state index in [0.717, 1.165) is 7.11 Å². The van der Waals surface area contributed by atoms with Crippen LogP contribution in [0, 0.1) is 0 Å². The first-order valence-corrected chi connectivity index (χ1v) is 4.27. The molecule has 0 aromatic carbocycles. The number of carbonyl (C=O) groups excluding carboxylic acids is 2. The molecular weight excluding hydrogens is 202 g/mol. The molecule has 0 aliphatic rings. The number of hydrogen-bond acceptors (Lipinski definition) is 6. The number of methoxy groups -OCH3 is 1. The van der Waals surface area contributed by atoms with Gasteiger partial charge in [-0.2, -0.15) is 4.98 Å². The highest BCUT2D eigenvalue weighted by Crippen LogP contribution is 2.06. The molecule has 0 saturated heterocycles. The molecule has 7 heteroatoms. The fourth-order valence-electron chi connectivity index (χ4n) is 0.898. The van der Waals surface area contributed by atoms with Gasteiger partial charge in [-0.05, 0) is 0 Å². The van der Waals surface area contributed by atoms with Crippen molar-refractivity contribution < 1.29 is 18.8 Å². The predicted octanol–water partition coefficient (Wildman–Crippen LogP) is -0.538. The van der Waals surface area contributed by atoms with Gasteiger partial charge in [-0.1, -0.05) is 12.1 Å². The quantitative estimate of drug-likeness (QED) is 0.535. The largest absolute Gasteiger partial charge is 0.462 e. The second-order valence-corrected chi connectivity index (χ2v) is 2.89. The summed E-state index contributed by atoms with van der Waals surface area (Å²) in [7, 11) is 1.14. The SMILES string of the molecule is COC(=O)C(=O)NCC(C)c1ncon1. The molecule has 0 aliphatic carbocycles. The summed E-state index contributed by atoms with van der Waals surface area (Å²) in [6.45, 7) is 2.04. The Morgan fingerprint density at radius 2 is 2.40 bits per heavy atom. The zero-order chi connectivity index (χ0) is 11.3. The minimum atomic E-state index is -0.921. The molecule has 7 nitrogen and oxygen atoms in total. The van der Waals surface area contributed by atoms with E-state index < -0.39 is 11.9 Å². The van der Waals surface area contributed by atoms with Gasteiger partial charge in [0.25, 0.3) is 0 Å². The van der Waals surface area contributed by atoms with E-state index in [0.29, 0.717) is 5.82 Å². The van der Waals surface area contributed by atoms with Crippen molar-refractivity contribution in [2.45, 2.75) is 12.8 Å². The van der Waals surface area contributed by atoms with Gasteiger partial charge in [0.05, 0.1) is 7.11 Å². The van der Waals surface area contributed by atoms with Crippen LogP contribution < -0.4 is 5.32 Å². The molecule has 0 radical (unpaired) electrons. The lowest BCUT2D eigenvalue weighted by molar-refractivity contribution is -0.152. The summed E-state index contributed by atoms with van der Waals surface area (Å²) >= 11 is 0. The fraction of sp³-hybridized carbons (Fsp3) is 0.500. The van der Waals surface area contributed by atoms with Crippen molar-refractivity contribution in [1.29, 1.82) is 0 Å². The van der Waals surface area contributed by atoms with Crippen LogP contribution in [0.2, 0.25) is 0 Å². The van der Waals surface area contributed by atoms with Gasteiger partial charge in [0.2, 0.25) is 6.39 Å². The zero-order valence-corrected chi connectivity index (χ0v) is 8.39. The van der Waals surface area contributed by atoms with E-state index in [1.165, 1.54) is 6.39 Å². The third kappa shape index (κ3) is 3.04. The van der Waals surface area contributed by atoms with Gasteiger partial charge in [0.15, 0.2) is 5.82 Å². The van der Waals surface area contributed by atoms with E-state index in [2.05, 4.69) is 24.7 Å². The van der Waals surface area contributed by atoms with E-state index >= 15 is 0 Å². The van der Waals surface area contributed by atoms with Gasteiger partial charge in [-0.15, -0.1) is 0 Å². The fourth-order valence-corrected chi connectivity index (χ4v) is 0.898. The second-order valence-electron chi connectivity index (χ2n) is 2.89. The van der Waals surface area contributed by atoms with Gasteiger partial charge < -0.3 is 14.6 Å². The smallest absolute Gasteiger partial charge is 0.396 e. The minimum Gasteiger partial charge on any atom is -0.462 e. The van der Waals surface area contributed by atoms with E-state index in [4.69, 9.17) is 0 Å². The maximum Gasteiger partial charge on any atom is 0.396 e. The summed E-state index contributed by atoms with van der Waals surface area (Å²) in [5.74, 6) is -1.36. The van der Waals surface area contributed by atoms with Crippen molar-refractivity contribution in [3.63, 3.8) is 0 Å². The molecule has 1 N–H and O–H groups in total. The van der Waals surface area contributed by atoms with Crippen molar-refractivity contribution in [2.24, 2.45) is 0 Å². The number of esters is 1. The van der Waals surface area contributed by atoms with Gasteiger partial charge in [-0.25, -0.2) is 4.79 Å². The highest BCUT2D eigenvalue weighted by Gasteiger charge is 2.16. The Kier molecular flexibility index (Phi) is 3.78. The van der Waals surface area contributed by atoms with Crippen LogP contribution in [0.15, 0.2) is 10.9 Å². The second kappa shape index (κ2) is 5.08. The van der Waals surface area contributed by atoms with Crippen molar-refractivity contribution in [2.75, 3.05) is 13.7 Å². The number of ether oxygens (including phenoxy) is 1. The molecular formula is C8H11N3O4. The zero-order valence-electron chi connectivity index (χ0n) is 8.39. The molecule has 1 heterocycles. The Hall–Kier alpha value is -1.92. The number of rotatable bonds is 3. The lowest BCUT2D eigenvalue weighted by Crippen LogP contribution is -2.34. The molecule has 15 heavy (non-hydrogen) atoms. The third-order valence-electron chi connectivity index (χ3n) is 1.76. The Labute approximate surface area is 85.8 Å². The third-order valence-corrected chi connectivity index (χ3v) is 1.76. The van der Waals surface area contributed by atoms with Crippen molar-refractivity contribution in [3.8, 4) is 0 Å². The van der Waals surface area contributed by atoms with Gasteiger partial charge in [0, 0.05) is 12.5 Å². The van der Waals surface area contributed by atoms with Crippen LogP contribution in [0.5, 0.6) is 0 Å². The first-order valence-electron chi connectivity index (χ1n) is 4.27. The Morgan fingerprint density at radius 3 is 2.93 bits per heavy atom. The van der Waals surface area contributed by atoms with Crippen LogP contribution >= 0.6 is 0 Å². The van der Waals surface area contributed by atoms with Gasteiger partial charge in [-0.3, -0.25) is 4.79 Å². The monoisotopic (exact) mass is 213 g/mol. The highest BCUT2D eigenvalue weighted by atomic mass is 16.5. The van der Waals surface area contributed by atoms with Crippen molar-refractivity contribution >= 4 is 11.9 Å². The van der Waals surface area contributed by atoms with E-state index in [9.17, 15) is 9.59 Å². The molecule has 0 spiro atoms. The normalized spacial score (nSPS) is 11.9. The molecule has 1 atom stereocenters. The van der Waals surface area contributed by atoms with Crippen LogP contribution in [0.4, 0.5) is 0 Å². The van der Waals surface area contributed by atoms with E-state index in [1.807, 2.05) is 0 Å². The lowest BCUT2D eigenvalue weighted by Gasteiger charge is -2.07. The Balaban J connectivity index is 2.38. The molecule has 1 aromatic heterocycles. The standard InChI is InChI=1S/C8H11N3O4/c1-5(6-10-4-15-11-6)3-9-7(12)8(13)14-2/h4-5H,3H2,1-2H3,(H,9,12). The average Bonchev–Trinajstić information content (AvgIpc) is 2.77. The Bertz CT molecular complexity index is 336. The Morgan fingerprint density at radius 1 is 1.67 bits per heavy atom. The van der Waals surface area contributed by atoms with Gasteiger partial charge in [0.1, 0.15) is 0 Å². The average molecular weight is 213 g/mol. The van der Waals surface area contributed by atoms with Crippen LogP contribution in [-0.2, 0) is 14.3 Å². The van der Waals surface area contributed by atoms with Crippen LogP contribution in [0.3, 0.4) is 0 Å². The molecule has 82 valence electrons. The van der Waals surface area contributed by atoms with Crippen LogP contribution in [0.1, 0.15) is 18.7 Å². The van der Waals surface area contributed by atoms with E-state index in [-0.39, 0.29) is 12.5 Å². The maximum absolute atomic E-state index is 11.0. The lowest BCUT2D eigenvalue weighted by atomic mass is 10.2. The van der Waals surface area contributed by atoms with E-state index in [1.54, 1.807) is 6.92 Å². The number of nitrogens with zero attached hydrogens (tertiary/aromatic N) is 2. The predicted molar refractivity (Wildman–Crippen MR) is 47.7 cm³/mol. The topological polar surface area (TPSA) is 94.3 Å². The molecule has 1 aromatic rings. The summed E-state index contributed by atoms with van der Waals surface area (Å²) in [5, 5.41) is 5.99. The number of aromatic nitrogens is 2. The van der Waals surface area contributed by atoms with Crippen molar-refractivity contribution in [1.82, 2.24) is 15.5 Å². The van der Waals surface area contributed by atoms with Crippen LogP contribution in [-0.4, -0.2) is 35.7 Å². The number of carbonyl (C=O) groups is 2. The van der Waals surface area contributed by atoms with Gasteiger partial charge >= 0.3 is 11.9 Å². The van der Waals surface area contributed by atoms with Crippen LogP contribution in [0.25, 0.3) is 0 Å². The summed E-state index contributed by atoms with van der Waals surface area (Å²) in [6, 6.07) is 0. The molecule has 0 fully saturated rings. The molecule has 0 bridgehead atoms. The highest BCUT2D eigenvalue weighted by molar-refractivity contribution is 6.32. The summed E-state index contributed by atoms with van der Waals surface area (Å²) < 4.78 is 8.78. The van der Waals surface area contributed by atoms with Crippen molar-refractivity contribution in [3.05, 3.63) is 12.2 Å². The first kappa shape index (κ1) is 11.2.